The minimum atomic E-state index is -0.977. The van der Waals surface area contributed by atoms with E-state index in [9.17, 15) is 9.90 Å². The first-order chi connectivity index (χ1) is 15.0. The first-order valence-electron chi connectivity index (χ1n) is 10.7. The van der Waals surface area contributed by atoms with Crippen molar-refractivity contribution in [1.82, 2.24) is 5.32 Å². The van der Waals surface area contributed by atoms with E-state index in [1.54, 1.807) is 12.2 Å². The maximum absolute atomic E-state index is 11.7. The number of aliphatic carboxylic acids is 1. The predicted octanol–water partition coefficient (Wildman–Crippen LogP) is 2.55. The Bertz CT molecular complexity index is 888. The second-order valence-electron chi connectivity index (χ2n) is 9.08. The summed E-state index contributed by atoms with van der Waals surface area (Å²) in [5.41, 5.74) is 0.906. The van der Waals surface area contributed by atoms with Crippen molar-refractivity contribution in [3.63, 3.8) is 0 Å². The number of ether oxygens (including phenoxy) is 5. The number of carbonyl (C=O) groups is 1. The molecule has 1 aromatic rings. The molecule has 0 amide bonds. The van der Waals surface area contributed by atoms with Crippen molar-refractivity contribution in [3.8, 4) is 0 Å². The molecule has 9 heteroatoms. The minimum Gasteiger partial charge on any atom is -0.480 e. The quantitative estimate of drug-likeness (QED) is 0.487. The number of hydrogen-bond acceptors (Lipinski definition) is 7. The molecule has 3 fully saturated rings. The molecule has 0 spiro atoms. The van der Waals surface area contributed by atoms with E-state index in [1.807, 2.05) is 58.0 Å². The highest BCUT2D eigenvalue weighted by Crippen LogP contribution is 2.44. The highest BCUT2D eigenvalue weighted by Gasteiger charge is 2.60. The molecule has 0 radical (unpaired) electrons. The molecular weight excluding hydrogens is 434 g/mol. The van der Waals surface area contributed by atoms with Crippen molar-refractivity contribution in [1.29, 1.82) is 0 Å². The first kappa shape index (κ1) is 23.3. The number of nitrogens with one attached hydrogen (secondary N) is 1. The monoisotopic (exact) mass is 463 g/mol. The highest BCUT2D eigenvalue weighted by atomic mass is 32.1. The molecule has 6 atom stereocenters. The van der Waals surface area contributed by atoms with E-state index in [-0.39, 0.29) is 11.1 Å². The minimum absolute atomic E-state index is 0.290. The van der Waals surface area contributed by atoms with Crippen molar-refractivity contribution in [2.75, 3.05) is 0 Å². The second-order valence-corrected chi connectivity index (χ2v) is 9.52. The summed E-state index contributed by atoms with van der Waals surface area (Å²) in [5.74, 6) is -2.56. The SMILES string of the molecule is CC1(C)OC2OC(/C=C/C(=S)NC(Cc3ccccc3)C(=O)O)C3OC(C)(C)OC3C2O1. The van der Waals surface area contributed by atoms with Crippen LogP contribution in [0.1, 0.15) is 33.3 Å². The molecule has 3 aliphatic heterocycles. The fourth-order valence-electron chi connectivity index (χ4n) is 4.25. The predicted molar refractivity (Wildman–Crippen MR) is 119 cm³/mol. The molecule has 8 nitrogen and oxygen atoms in total. The topological polar surface area (TPSA) is 95.5 Å². The lowest BCUT2D eigenvalue weighted by molar-refractivity contribution is -0.222. The Balaban J connectivity index is 1.44. The zero-order valence-corrected chi connectivity index (χ0v) is 19.3. The Morgan fingerprint density at radius 3 is 2.38 bits per heavy atom. The van der Waals surface area contributed by atoms with Crippen LogP contribution in [0.15, 0.2) is 42.5 Å². The van der Waals surface area contributed by atoms with Gasteiger partial charge in [0.25, 0.3) is 0 Å². The van der Waals surface area contributed by atoms with E-state index in [2.05, 4.69) is 5.32 Å². The third-order valence-electron chi connectivity index (χ3n) is 5.53. The zero-order valence-electron chi connectivity index (χ0n) is 18.5. The van der Waals surface area contributed by atoms with Gasteiger partial charge in [0.1, 0.15) is 30.5 Å². The van der Waals surface area contributed by atoms with Crippen LogP contribution in [0.3, 0.4) is 0 Å². The van der Waals surface area contributed by atoms with Gasteiger partial charge in [-0.3, -0.25) is 0 Å². The lowest BCUT2D eigenvalue weighted by Gasteiger charge is -2.36. The Morgan fingerprint density at radius 1 is 1.06 bits per heavy atom. The van der Waals surface area contributed by atoms with Crippen molar-refractivity contribution >= 4 is 23.2 Å². The van der Waals surface area contributed by atoms with E-state index >= 15 is 0 Å². The molecule has 4 rings (SSSR count). The second kappa shape index (κ2) is 8.81. The van der Waals surface area contributed by atoms with Crippen LogP contribution in [-0.4, -0.2) is 64.4 Å². The Hall–Kier alpha value is -1.88. The van der Waals surface area contributed by atoms with Gasteiger partial charge in [-0.15, -0.1) is 0 Å². The maximum Gasteiger partial charge on any atom is 0.326 e. The normalized spacial score (nSPS) is 33.4. The summed E-state index contributed by atoms with van der Waals surface area (Å²) in [4.78, 5) is 12.0. The molecule has 6 unspecified atom stereocenters. The molecule has 0 aliphatic carbocycles. The van der Waals surface area contributed by atoms with Gasteiger partial charge in [-0.1, -0.05) is 48.6 Å². The number of carboxylic acid groups (broad SMARTS) is 1. The molecule has 3 aliphatic rings. The van der Waals surface area contributed by atoms with Gasteiger partial charge >= 0.3 is 5.97 Å². The average molecular weight is 464 g/mol. The zero-order chi connectivity index (χ0) is 23.1. The fraction of sp³-hybridized carbons (Fsp3) is 0.565. The molecular formula is C23H29NO7S. The third kappa shape index (κ3) is 5.19. The Kier molecular flexibility index (Phi) is 6.41. The summed E-state index contributed by atoms with van der Waals surface area (Å²) in [6, 6.07) is 8.55. The summed E-state index contributed by atoms with van der Waals surface area (Å²) in [6.07, 6.45) is 1.40. The lowest BCUT2D eigenvalue weighted by atomic mass is 9.98. The van der Waals surface area contributed by atoms with E-state index < -0.39 is 48.2 Å². The van der Waals surface area contributed by atoms with E-state index in [1.165, 1.54) is 0 Å². The van der Waals surface area contributed by atoms with Gasteiger partial charge in [0, 0.05) is 6.42 Å². The number of rotatable bonds is 6. The van der Waals surface area contributed by atoms with Crippen LogP contribution in [0, 0.1) is 0 Å². The molecule has 0 aromatic heterocycles. The van der Waals surface area contributed by atoms with Gasteiger partial charge in [-0.05, 0) is 39.3 Å². The smallest absolute Gasteiger partial charge is 0.326 e. The molecule has 0 saturated carbocycles. The van der Waals surface area contributed by atoms with Crippen LogP contribution in [0.4, 0.5) is 0 Å². The third-order valence-corrected chi connectivity index (χ3v) is 5.78. The molecule has 2 N–H and O–H groups in total. The highest BCUT2D eigenvalue weighted by molar-refractivity contribution is 7.80. The number of benzene rings is 1. The lowest BCUT2D eigenvalue weighted by Crippen LogP contribution is -2.54. The standard InChI is InChI=1S/C23H29NO7S/c1-22(2)28-17-15(27-21-19(18(17)29-22)30-23(3,4)31-21)10-11-16(32)24-14(20(25)26)12-13-8-6-5-7-9-13/h5-11,14-15,17-19,21H,12H2,1-4H3,(H,24,32)(H,25,26)/b11-10+. The molecule has 3 heterocycles. The van der Waals surface area contributed by atoms with Gasteiger partial charge in [0.05, 0.1) is 4.99 Å². The van der Waals surface area contributed by atoms with Gasteiger partial charge < -0.3 is 34.1 Å². The van der Waals surface area contributed by atoms with Crippen LogP contribution >= 0.6 is 12.2 Å². The summed E-state index contributed by atoms with van der Waals surface area (Å²) >= 11 is 5.38. The van der Waals surface area contributed by atoms with E-state index in [4.69, 9.17) is 35.9 Å². The van der Waals surface area contributed by atoms with Gasteiger partial charge in [0.15, 0.2) is 17.9 Å². The molecule has 1 aromatic carbocycles. The summed E-state index contributed by atoms with van der Waals surface area (Å²) < 4.78 is 30.2. The van der Waals surface area contributed by atoms with Crippen molar-refractivity contribution in [2.24, 2.45) is 0 Å². The fourth-order valence-corrected chi connectivity index (χ4v) is 4.47. The van der Waals surface area contributed by atoms with Crippen LogP contribution in [-0.2, 0) is 34.9 Å². The van der Waals surface area contributed by atoms with Crippen LogP contribution in [0.5, 0.6) is 0 Å². The Morgan fingerprint density at radius 2 is 1.69 bits per heavy atom. The summed E-state index contributed by atoms with van der Waals surface area (Å²) in [6.45, 7) is 7.34. The van der Waals surface area contributed by atoms with Crippen molar-refractivity contribution in [3.05, 3.63) is 48.0 Å². The summed E-state index contributed by atoms with van der Waals surface area (Å²) in [7, 11) is 0. The molecule has 0 bridgehead atoms. The average Bonchev–Trinajstić information content (AvgIpc) is 3.20. The van der Waals surface area contributed by atoms with E-state index in [0.717, 1.165) is 5.56 Å². The number of hydrogen-bond donors (Lipinski definition) is 2. The summed E-state index contributed by atoms with van der Waals surface area (Å²) in [5, 5.41) is 12.5. The Labute approximate surface area is 192 Å². The number of thiocarbonyl (C=S) groups is 1. The van der Waals surface area contributed by atoms with Gasteiger partial charge in [-0.2, -0.15) is 0 Å². The number of fused-ring (bicyclic) bond motifs is 3. The van der Waals surface area contributed by atoms with Crippen molar-refractivity contribution in [2.45, 2.75) is 82.4 Å². The molecule has 32 heavy (non-hydrogen) atoms. The maximum atomic E-state index is 11.7. The van der Waals surface area contributed by atoms with Crippen LogP contribution < -0.4 is 5.32 Å². The van der Waals surface area contributed by atoms with Gasteiger partial charge in [-0.25, -0.2) is 4.79 Å². The molecule has 174 valence electrons. The van der Waals surface area contributed by atoms with Crippen molar-refractivity contribution < 1.29 is 33.6 Å². The van der Waals surface area contributed by atoms with Gasteiger partial charge in [0.2, 0.25) is 0 Å². The largest absolute Gasteiger partial charge is 0.480 e. The first-order valence-corrected chi connectivity index (χ1v) is 11.1. The number of carboxylic acids is 1. The molecule has 3 saturated heterocycles. The van der Waals surface area contributed by atoms with Crippen LogP contribution in [0.25, 0.3) is 0 Å². The van der Waals surface area contributed by atoms with E-state index in [0.29, 0.717) is 6.42 Å². The van der Waals surface area contributed by atoms with Crippen LogP contribution in [0.2, 0.25) is 0 Å².